The van der Waals surface area contributed by atoms with Crippen LogP contribution in [0.5, 0.6) is 5.75 Å². The molecule has 0 saturated carbocycles. The van der Waals surface area contributed by atoms with Gasteiger partial charge in [0.25, 0.3) is 5.91 Å². The van der Waals surface area contributed by atoms with E-state index in [2.05, 4.69) is 10.1 Å². The molecular formula is C13H17F3N2O2. The lowest BCUT2D eigenvalue weighted by molar-refractivity contribution is -0.274. The number of carbonyl (C=O) groups excluding carboxylic acids is 1. The van der Waals surface area contributed by atoms with Crippen molar-refractivity contribution in [1.29, 1.82) is 0 Å². The van der Waals surface area contributed by atoms with Crippen molar-refractivity contribution >= 4 is 5.91 Å². The van der Waals surface area contributed by atoms with E-state index >= 15 is 0 Å². The molecule has 0 radical (unpaired) electrons. The Bertz CT molecular complexity index is 444. The molecule has 1 amide bonds. The van der Waals surface area contributed by atoms with E-state index in [9.17, 15) is 18.0 Å². The zero-order valence-electron chi connectivity index (χ0n) is 11.2. The van der Waals surface area contributed by atoms with Crippen molar-refractivity contribution in [3.05, 3.63) is 29.8 Å². The minimum absolute atomic E-state index is 0.0483. The number of nitrogens with two attached hydrogens (primary N) is 1. The van der Waals surface area contributed by atoms with Crippen molar-refractivity contribution in [2.45, 2.75) is 38.7 Å². The number of benzene rings is 1. The van der Waals surface area contributed by atoms with E-state index in [1.807, 2.05) is 13.8 Å². The summed E-state index contributed by atoms with van der Waals surface area (Å²) >= 11 is 0. The van der Waals surface area contributed by atoms with Gasteiger partial charge in [-0.15, -0.1) is 13.2 Å². The van der Waals surface area contributed by atoms with Crippen LogP contribution in [0.1, 0.15) is 30.6 Å². The maximum atomic E-state index is 12.0. The largest absolute Gasteiger partial charge is 0.573 e. The van der Waals surface area contributed by atoms with E-state index in [1.54, 1.807) is 0 Å². The number of alkyl halides is 3. The van der Waals surface area contributed by atoms with Gasteiger partial charge in [-0.2, -0.15) is 0 Å². The third-order valence-corrected chi connectivity index (χ3v) is 2.45. The zero-order chi connectivity index (χ0) is 15.3. The summed E-state index contributed by atoms with van der Waals surface area (Å²) in [7, 11) is 0. The predicted octanol–water partition coefficient (Wildman–Crippen LogP) is 2.44. The first-order chi connectivity index (χ1) is 9.17. The van der Waals surface area contributed by atoms with Crippen LogP contribution in [0, 0.1) is 0 Å². The van der Waals surface area contributed by atoms with Crippen LogP contribution in [0.3, 0.4) is 0 Å². The van der Waals surface area contributed by atoms with Crippen LogP contribution in [0.25, 0.3) is 0 Å². The summed E-state index contributed by atoms with van der Waals surface area (Å²) in [5.41, 5.74) is 5.87. The number of ether oxygens (including phenoxy) is 1. The number of hydrogen-bond donors (Lipinski definition) is 2. The summed E-state index contributed by atoms with van der Waals surface area (Å²) in [4.78, 5) is 11.8. The molecule has 3 N–H and O–H groups in total. The van der Waals surface area contributed by atoms with Gasteiger partial charge in [0, 0.05) is 17.6 Å². The predicted molar refractivity (Wildman–Crippen MR) is 68.3 cm³/mol. The van der Waals surface area contributed by atoms with E-state index in [1.165, 1.54) is 12.1 Å². The van der Waals surface area contributed by atoms with E-state index in [0.717, 1.165) is 12.1 Å². The van der Waals surface area contributed by atoms with E-state index in [0.29, 0.717) is 6.42 Å². The first-order valence-corrected chi connectivity index (χ1v) is 6.09. The van der Waals surface area contributed by atoms with Crippen molar-refractivity contribution in [3.63, 3.8) is 0 Å². The van der Waals surface area contributed by atoms with Crippen LogP contribution in [0.4, 0.5) is 13.2 Å². The van der Waals surface area contributed by atoms with Crippen molar-refractivity contribution in [3.8, 4) is 5.75 Å². The van der Waals surface area contributed by atoms with Crippen LogP contribution in [-0.4, -0.2) is 24.4 Å². The minimum Gasteiger partial charge on any atom is -0.406 e. The molecule has 1 aromatic rings. The average Bonchev–Trinajstić information content (AvgIpc) is 2.26. The van der Waals surface area contributed by atoms with Gasteiger partial charge < -0.3 is 15.8 Å². The summed E-state index contributed by atoms with van der Waals surface area (Å²) in [6, 6.07) is 4.57. The quantitative estimate of drug-likeness (QED) is 0.875. The zero-order valence-corrected chi connectivity index (χ0v) is 11.2. The highest BCUT2D eigenvalue weighted by molar-refractivity contribution is 5.94. The molecule has 0 aliphatic rings. The first-order valence-electron chi connectivity index (χ1n) is 6.09. The molecule has 0 aromatic heterocycles. The molecule has 0 aliphatic heterocycles. The number of carbonyl (C=O) groups is 1. The van der Waals surface area contributed by atoms with Gasteiger partial charge in [0.2, 0.25) is 0 Å². The first kappa shape index (κ1) is 16.3. The number of rotatable bonds is 5. The highest BCUT2D eigenvalue weighted by Gasteiger charge is 2.31. The van der Waals surface area contributed by atoms with E-state index < -0.39 is 6.36 Å². The van der Waals surface area contributed by atoms with Crippen molar-refractivity contribution in [2.24, 2.45) is 5.73 Å². The second-order valence-electron chi connectivity index (χ2n) is 4.66. The van der Waals surface area contributed by atoms with Crippen LogP contribution in [-0.2, 0) is 0 Å². The molecule has 4 nitrogen and oxygen atoms in total. The smallest absolute Gasteiger partial charge is 0.406 e. The highest BCUT2D eigenvalue weighted by atomic mass is 19.4. The van der Waals surface area contributed by atoms with Gasteiger partial charge in [-0.1, -0.05) is 0 Å². The Balaban J connectivity index is 2.62. The van der Waals surface area contributed by atoms with Crippen LogP contribution in [0.15, 0.2) is 24.3 Å². The van der Waals surface area contributed by atoms with Gasteiger partial charge >= 0.3 is 6.36 Å². The van der Waals surface area contributed by atoms with Gasteiger partial charge in [0.15, 0.2) is 0 Å². The van der Waals surface area contributed by atoms with Crippen LogP contribution in [0.2, 0.25) is 0 Å². The summed E-state index contributed by atoms with van der Waals surface area (Å²) in [6.07, 6.45) is -4.13. The number of amides is 1. The Labute approximate surface area is 115 Å². The molecule has 2 unspecified atom stereocenters. The lowest BCUT2D eigenvalue weighted by Gasteiger charge is -2.16. The number of hydrogen-bond acceptors (Lipinski definition) is 3. The van der Waals surface area contributed by atoms with Gasteiger partial charge in [-0.25, -0.2) is 0 Å². The fourth-order valence-corrected chi connectivity index (χ4v) is 1.73. The molecule has 0 spiro atoms. The third kappa shape index (κ3) is 5.92. The average molecular weight is 290 g/mol. The van der Waals surface area contributed by atoms with Gasteiger partial charge in [-0.3, -0.25) is 4.79 Å². The van der Waals surface area contributed by atoms with Gasteiger partial charge in [0.05, 0.1) is 0 Å². The van der Waals surface area contributed by atoms with Crippen molar-refractivity contribution in [2.75, 3.05) is 0 Å². The van der Waals surface area contributed by atoms with E-state index in [4.69, 9.17) is 5.73 Å². The standard InChI is InChI=1S/C13H17F3N2O2/c1-8(17)7-9(2)18-12(19)10-3-5-11(6-4-10)20-13(14,15)16/h3-6,8-9H,7,17H2,1-2H3,(H,18,19). The Morgan fingerprint density at radius 1 is 1.30 bits per heavy atom. The lowest BCUT2D eigenvalue weighted by atomic mass is 10.1. The summed E-state index contributed by atoms with van der Waals surface area (Å²) in [5.74, 6) is -0.727. The summed E-state index contributed by atoms with van der Waals surface area (Å²) < 4.78 is 39.7. The second kappa shape index (κ2) is 6.60. The molecule has 0 heterocycles. The molecule has 1 rings (SSSR count). The molecule has 0 fully saturated rings. The fraction of sp³-hybridized carbons (Fsp3) is 0.462. The molecule has 7 heteroatoms. The molecule has 20 heavy (non-hydrogen) atoms. The molecule has 1 aromatic carbocycles. The summed E-state index contributed by atoms with van der Waals surface area (Å²) in [6.45, 7) is 3.63. The maximum absolute atomic E-state index is 12.0. The number of halogens is 3. The molecule has 2 atom stereocenters. The Morgan fingerprint density at radius 3 is 2.30 bits per heavy atom. The summed E-state index contributed by atoms with van der Waals surface area (Å²) in [5, 5.41) is 2.71. The van der Waals surface area contributed by atoms with Gasteiger partial charge in [-0.05, 0) is 44.5 Å². The van der Waals surface area contributed by atoms with E-state index in [-0.39, 0.29) is 29.3 Å². The monoisotopic (exact) mass is 290 g/mol. The molecule has 112 valence electrons. The maximum Gasteiger partial charge on any atom is 0.573 e. The Kier molecular flexibility index (Phi) is 5.38. The van der Waals surface area contributed by atoms with Crippen LogP contribution >= 0.6 is 0 Å². The second-order valence-corrected chi connectivity index (χ2v) is 4.66. The topological polar surface area (TPSA) is 64.3 Å². The molecule has 0 aliphatic carbocycles. The SMILES string of the molecule is CC(N)CC(C)NC(=O)c1ccc(OC(F)(F)F)cc1. The minimum atomic E-state index is -4.74. The Morgan fingerprint density at radius 2 is 1.85 bits per heavy atom. The van der Waals surface area contributed by atoms with Gasteiger partial charge in [0.1, 0.15) is 5.75 Å². The third-order valence-electron chi connectivity index (χ3n) is 2.45. The molecule has 0 saturated heterocycles. The highest BCUT2D eigenvalue weighted by Crippen LogP contribution is 2.22. The number of nitrogens with one attached hydrogen (secondary N) is 1. The van der Waals surface area contributed by atoms with Crippen molar-refractivity contribution in [1.82, 2.24) is 5.32 Å². The molecular weight excluding hydrogens is 273 g/mol. The lowest BCUT2D eigenvalue weighted by Crippen LogP contribution is -2.36. The molecule has 0 bridgehead atoms. The van der Waals surface area contributed by atoms with Crippen LogP contribution < -0.4 is 15.8 Å². The van der Waals surface area contributed by atoms with Crippen molar-refractivity contribution < 1.29 is 22.7 Å². The fourth-order valence-electron chi connectivity index (χ4n) is 1.73. The normalized spacial score (nSPS) is 14.5. The Hall–Kier alpha value is -1.76.